The highest BCUT2D eigenvalue weighted by atomic mass is 16.5. The van der Waals surface area contributed by atoms with E-state index in [0.29, 0.717) is 0 Å². The minimum Gasteiger partial charge on any atom is -0.496 e. The third-order valence-electron chi connectivity index (χ3n) is 6.07. The van der Waals surface area contributed by atoms with Gasteiger partial charge in [-0.25, -0.2) is 0 Å². The third-order valence-corrected chi connectivity index (χ3v) is 6.07. The number of para-hydroxylation sites is 1. The van der Waals surface area contributed by atoms with E-state index in [2.05, 4.69) is 41.0 Å². The van der Waals surface area contributed by atoms with Crippen molar-refractivity contribution in [2.24, 2.45) is 11.8 Å². The summed E-state index contributed by atoms with van der Waals surface area (Å²) in [5.74, 6) is 2.51. The predicted molar refractivity (Wildman–Crippen MR) is 124 cm³/mol. The molecule has 1 fully saturated rings. The number of aliphatic hydroxyl groups is 1. The maximum Gasteiger partial charge on any atom is 0.126 e. The fraction of sp³-hybridized carbons (Fsp3) is 0.462. The van der Waals surface area contributed by atoms with Crippen LogP contribution in [0.5, 0.6) is 5.75 Å². The summed E-state index contributed by atoms with van der Waals surface area (Å²) in [7, 11) is 1.71. The van der Waals surface area contributed by atoms with Crippen molar-refractivity contribution in [1.29, 1.82) is 0 Å². The monoisotopic (exact) mass is 408 g/mol. The van der Waals surface area contributed by atoms with E-state index in [1.165, 1.54) is 31.2 Å². The van der Waals surface area contributed by atoms with Crippen LogP contribution in [0.1, 0.15) is 42.4 Å². The average Bonchev–Trinajstić information content (AvgIpc) is 2.80. The van der Waals surface area contributed by atoms with Gasteiger partial charge in [0.1, 0.15) is 5.75 Å². The summed E-state index contributed by atoms with van der Waals surface area (Å²) in [6, 6.07) is 16.3. The lowest BCUT2D eigenvalue weighted by atomic mass is 9.82. The molecule has 2 aromatic rings. The molecular weight excluding hydrogens is 372 g/mol. The number of nitrogens with one attached hydrogen (secondary N) is 2. The van der Waals surface area contributed by atoms with Crippen LogP contribution in [0.4, 0.5) is 0 Å². The quantitative estimate of drug-likeness (QED) is 0.483. The Labute approximate surface area is 181 Å². The predicted octanol–water partition coefficient (Wildman–Crippen LogP) is 4.39. The molecule has 3 rings (SSSR count). The molecule has 0 heterocycles. The molecule has 0 aromatic heterocycles. The minimum absolute atomic E-state index is 0.115. The van der Waals surface area contributed by atoms with Crippen molar-refractivity contribution in [2.45, 2.75) is 38.8 Å². The summed E-state index contributed by atoms with van der Waals surface area (Å²) in [4.78, 5) is 0. The molecule has 0 bridgehead atoms. The van der Waals surface area contributed by atoms with Crippen molar-refractivity contribution in [3.8, 4) is 5.75 Å². The van der Waals surface area contributed by atoms with Crippen molar-refractivity contribution >= 4 is 6.08 Å². The van der Waals surface area contributed by atoms with Gasteiger partial charge in [-0.1, -0.05) is 54.6 Å². The topological polar surface area (TPSA) is 53.5 Å². The molecule has 4 heteroatoms. The minimum atomic E-state index is 0.115. The Morgan fingerprint density at radius 1 is 0.900 bits per heavy atom. The molecule has 1 saturated carbocycles. The molecule has 2 aromatic carbocycles. The number of rotatable bonds is 11. The van der Waals surface area contributed by atoms with E-state index >= 15 is 0 Å². The Kier molecular flexibility index (Phi) is 9.42. The lowest BCUT2D eigenvalue weighted by Gasteiger charge is -2.28. The number of aliphatic hydroxyl groups excluding tert-OH is 1. The van der Waals surface area contributed by atoms with E-state index in [0.717, 1.165) is 54.9 Å². The molecule has 30 heavy (non-hydrogen) atoms. The van der Waals surface area contributed by atoms with Gasteiger partial charge in [-0.2, -0.15) is 0 Å². The Hall–Kier alpha value is -2.14. The van der Waals surface area contributed by atoms with Gasteiger partial charge in [0.15, 0.2) is 0 Å². The number of hydrogen-bond acceptors (Lipinski definition) is 4. The van der Waals surface area contributed by atoms with Crippen LogP contribution in [0.3, 0.4) is 0 Å². The van der Waals surface area contributed by atoms with Crippen molar-refractivity contribution < 1.29 is 9.84 Å². The first-order valence-electron chi connectivity index (χ1n) is 11.2. The van der Waals surface area contributed by atoms with Gasteiger partial charge < -0.3 is 20.5 Å². The first-order valence-corrected chi connectivity index (χ1v) is 11.2. The Morgan fingerprint density at radius 2 is 1.53 bits per heavy atom. The molecule has 162 valence electrons. The van der Waals surface area contributed by atoms with E-state index in [9.17, 15) is 0 Å². The molecule has 0 unspecified atom stereocenters. The zero-order chi connectivity index (χ0) is 21.0. The normalized spacial score (nSPS) is 19.3. The van der Waals surface area contributed by atoms with Crippen LogP contribution in [0.25, 0.3) is 6.08 Å². The molecule has 1 aliphatic rings. The Morgan fingerprint density at radius 3 is 2.20 bits per heavy atom. The van der Waals surface area contributed by atoms with Gasteiger partial charge in [0.25, 0.3) is 0 Å². The third kappa shape index (κ3) is 7.28. The largest absolute Gasteiger partial charge is 0.496 e. The van der Waals surface area contributed by atoms with E-state index in [4.69, 9.17) is 9.84 Å². The van der Waals surface area contributed by atoms with Crippen LogP contribution < -0.4 is 15.4 Å². The number of benzene rings is 2. The highest BCUT2D eigenvalue weighted by Crippen LogP contribution is 2.28. The molecule has 4 nitrogen and oxygen atoms in total. The highest BCUT2D eigenvalue weighted by Gasteiger charge is 2.20. The van der Waals surface area contributed by atoms with E-state index < -0.39 is 0 Å². The van der Waals surface area contributed by atoms with Crippen LogP contribution >= 0.6 is 0 Å². The molecular formula is C26H36N2O2. The molecule has 0 spiro atoms. The maximum atomic E-state index is 9.12. The van der Waals surface area contributed by atoms with E-state index in [1.807, 2.05) is 30.3 Å². The summed E-state index contributed by atoms with van der Waals surface area (Å²) < 4.78 is 5.38. The summed E-state index contributed by atoms with van der Waals surface area (Å²) in [5, 5.41) is 16.3. The standard InChI is InChI=1S/C26H36N2O2/c1-30-26-7-3-2-5-25(26)6-4-16-27-17-21-8-10-22(11-9-21)18-28-19-23-12-14-24(20-29)15-13-23/h2-7,12-15,21-22,27-29H,8-11,16-20H2,1H3. The van der Waals surface area contributed by atoms with Gasteiger partial charge in [0.2, 0.25) is 0 Å². The van der Waals surface area contributed by atoms with Gasteiger partial charge in [0, 0.05) is 18.7 Å². The molecule has 0 radical (unpaired) electrons. The van der Waals surface area contributed by atoms with Gasteiger partial charge in [0.05, 0.1) is 13.7 Å². The summed E-state index contributed by atoms with van der Waals surface area (Å²) in [6.07, 6.45) is 9.59. The SMILES string of the molecule is COc1ccccc1C=CCNCC1CCC(CNCc2ccc(CO)cc2)CC1. The molecule has 0 aliphatic heterocycles. The second-order valence-corrected chi connectivity index (χ2v) is 8.29. The summed E-state index contributed by atoms with van der Waals surface area (Å²) in [6.45, 7) is 4.13. The second kappa shape index (κ2) is 12.5. The van der Waals surface area contributed by atoms with Crippen LogP contribution in [-0.4, -0.2) is 31.9 Å². The van der Waals surface area contributed by atoms with Crippen molar-refractivity contribution in [2.75, 3.05) is 26.7 Å². The fourth-order valence-corrected chi connectivity index (χ4v) is 4.18. The van der Waals surface area contributed by atoms with Gasteiger partial charge in [-0.15, -0.1) is 0 Å². The van der Waals surface area contributed by atoms with E-state index in [1.54, 1.807) is 7.11 Å². The maximum absolute atomic E-state index is 9.12. The summed E-state index contributed by atoms with van der Waals surface area (Å²) in [5.41, 5.74) is 3.38. The molecule has 0 saturated heterocycles. The lowest BCUT2D eigenvalue weighted by Crippen LogP contribution is -2.30. The van der Waals surface area contributed by atoms with Gasteiger partial charge in [-0.05, 0) is 67.8 Å². The molecule has 0 atom stereocenters. The van der Waals surface area contributed by atoms with Gasteiger partial charge in [-0.3, -0.25) is 0 Å². The van der Waals surface area contributed by atoms with Crippen molar-refractivity contribution in [1.82, 2.24) is 10.6 Å². The van der Waals surface area contributed by atoms with Gasteiger partial charge >= 0.3 is 0 Å². The first-order chi connectivity index (χ1) is 14.8. The van der Waals surface area contributed by atoms with E-state index in [-0.39, 0.29) is 6.61 Å². The zero-order valence-electron chi connectivity index (χ0n) is 18.1. The van der Waals surface area contributed by atoms with Crippen LogP contribution in [0.15, 0.2) is 54.6 Å². The fourth-order valence-electron chi connectivity index (χ4n) is 4.18. The molecule has 0 amide bonds. The van der Waals surface area contributed by atoms with Crippen LogP contribution in [-0.2, 0) is 13.2 Å². The van der Waals surface area contributed by atoms with Crippen molar-refractivity contribution in [3.05, 3.63) is 71.3 Å². The van der Waals surface area contributed by atoms with Crippen LogP contribution in [0, 0.1) is 11.8 Å². The number of methoxy groups -OCH3 is 1. The second-order valence-electron chi connectivity index (χ2n) is 8.29. The highest BCUT2D eigenvalue weighted by molar-refractivity contribution is 5.57. The lowest BCUT2D eigenvalue weighted by molar-refractivity contribution is 0.263. The zero-order valence-corrected chi connectivity index (χ0v) is 18.1. The molecule has 3 N–H and O–H groups in total. The summed E-state index contributed by atoms with van der Waals surface area (Å²) >= 11 is 0. The number of ether oxygens (including phenoxy) is 1. The Balaban J connectivity index is 1.27. The van der Waals surface area contributed by atoms with Crippen molar-refractivity contribution in [3.63, 3.8) is 0 Å². The molecule has 1 aliphatic carbocycles. The smallest absolute Gasteiger partial charge is 0.126 e. The van der Waals surface area contributed by atoms with Crippen LogP contribution in [0.2, 0.25) is 0 Å². The first kappa shape index (κ1) is 22.5. The Bertz CT molecular complexity index is 765. The average molecular weight is 409 g/mol. The number of hydrogen-bond donors (Lipinski definition) is 3.